The van der Waals surface area contributed by atoms with Crippen LogP contribution in [0.15, 0.2) is 42.7 Å². The zero-order chi connectivity index (χ0) is 23.2. The predicted octanol–water partition coefficient (Wildman–Crippen LogP) is 3.12. The minimum atomic E-state index is -0.468. The average Bonchev–Trinajstić information content (AvgIpc) is 2.85. The number of aliphatic hydroxyl groups excluding tert-OH is 1. The zero-order valence-electron chi connectivity index (χ0n) is 18.5. The van der Waals surface area contributed by atoms with Crippen molar-refractivity contribution in [2.45, 2.75) is 25.9 Å². The molecule has 4 rings (SSSR count). The van der Waals surface area contributed by atoms with Crippen LogP contribution in [0.25, 0.3) is 10.9 Å². The Morgan fingerprint density at radius 3 is 2.79 bits per heavy atom. The van der Waals surface area contributed by atoms with Gasteiger partial charge >= 0.3 is 0 Å². The van der Waals surface area contributed by atoms with E-state index in [0.717, 1.165) is 22.2 Å². The summed E-state index contributed by atoms with van der Waals surface area (Å²) in [6.45, 7) is 3.02. The molecule has 8 nitrogen and oxygen atoms in total. The molecule has 3 aromatic rings. The van der Waals surface area contributed by atoms with Gasteiger partial charge in [-0.3, -0.25) is 4.79 Å². The Labute approximate surface area is 192 Å². The molecule has 2 aromatic carbocycles. The highest BCUT2D eigenvalue weighted by Crippen LogP contribution is 2.36. The van der Waals surface area contributed by atoms with Gasteiger partial charge in [0, 0.05) is 48.6 Å². The molecule has 1 fully saturated rings. The Kier molecular flexibility index (Phi) is 6.91. The van der Waals surface area contributed by atoms with E-state index in [1.54, 1.807) is 4.90 Å². The number of nitrogens with one attached hydrogen (secondary N) is 1. The number of amides is 1. The second-order valence-corrected chi connectivity index (χ2v) is 7.68. The fourth-order valence-electron chi connectivity index (χ4n) is 3.85. The van der Waals surface area contributed by atoms with Crippen LogP contribution >= 0.6 is 0 Å². The summed E-state index contributed by atoms with van der Waals surface area (Å²) >= 11 is 0. The van der Waals surface area contributed by atoms with E-state index >= 15 is 0 Å². The van der Waals surface area contributed by atoms with Gasteiger partial charge in [0.25, 0.3) is 0 Å². The number of carbonyl (C=O) groups excluding carboxylic acids is 1. The Balaban J connectivity index is 1.61. The van der Waals surface area contributed by atoms with Crippen molar-refractivity contribution in [3.05, 3.63) is 48.3 Å². The number of fused-ring (bicyclic) bond motifs is 1. The minimum Gasteiger partial charge on any atom is -0.490 e. The van der Waals surface area contributed by atoms with Gasteiger partial charge in [-0.15, -0.1) is 6.42 Å². The molecule has 0 unspecified atom stereocenters. The van der Waals surface area contributed by atoms with Crippen molar-refractivity contribution in [2.75, 3.05) is 31.6 Å². The first-order valence-electron chi connectivity index (χ1n) is 10.9. The van der Waals surface area contributed by atoms with E-state index < -0.39 is 6.61 Å². The molecule has 33 heavy (non-hydrogen) atoms. The largest absolute Gasteiger partial charge is 0.490 e. The topological polar surface area (TPSA) is 96.8 Å². The lowest BCUT2D eigenvalue weighted by Crippen LogP contribution is -2.42. The third-order valence-electron chi connectivity index (χ3n) is 5.52. The predicted molar refractivity (Wildman–Crippen MR) is 126 cm³/mol. The highest BCUT2D eigenvalue weighted by molar-refractivity contribution is 5.93. The second kappa shape index (κ2) is 10.2. The number of nitrogens with zero attached hydrogens (tertiary/aromatic N) is 3. The number of terminal acetylenes is 1. The SMILES string of the molecule is C#Cc1cccc(Nc2ncnc3cc(OCC)c(OC4CCN(C(=O)CO)CC4)cc23)c1. The number of carbonyl (C=O) groups is 1. The number of rotatable bonds is 7. The van der Waals surface area contributed by atoms with Crippen molar-refractivity contribution in [3.8, 4) is 23.8 Å². The number of aliphatic hydroxyl groups is 1. The molecular weight excluding hydrogens is 420 g/mol. The highest BCUT2D eigenvalue weighted by atomic mass is 16.5. The second-order valence-electron chi connectivity index (χ2n) is 7.68. The van der Waals surface area contributed by atoms with E-state index in [1.165, 1.54) is 6.33 Å². The molecule has 0 atom stereocenters. The molecule has 1 aliphatic rings. The molecule has 1 aliphatic heterocycles. The standard InChI is InChI=1S/C25H26N4O4/c1-3-17-6-5-7-18(12-17)28-25-20-13-23(22(32-4-2)14-21(20)26-16-27-25)33-19-8-10-29(11-9-19)24(31)15-30/h1,5-7,12-14,16,19,30H,4,8-11,15H2,2H3,(H,26,27,28). The lowest BCUT2D eigenvalue weighted by atomic mass is 10.1. The Morgan fingerprint density at radius 2 is 2.06 bits per heavy atom. The van der Waals surface area contributed by atoms with E-state index in [9.17, 15) is 4.79 Å². The first-order chi connectivity index (χ1) is 16.1. The average molecular weight is 447 g/mol. The number of likely N-dealkylation sites (tertiary alicyclic amines) is 1. The Morgan fingerprint density at radius 1 is 1.24 bits per heavy atom. The normalized spacial score (nSPS) is 14.0. The van der Waals surface area contributed by atoms with E-state index in [-0.39, 0.29) is 12.0 Å². The summed E-state index contributed by atoms with van der Waals surface area (Å²) in [4.78, 5) is 22.2. The quantitative estimate of drug-likeness (QED) is 0.538. The maximum atomic E-state index is 11.7. The van der Waals surface area contributed by atoms with Crippen molar-refractivity contribution in [1.82, 2.24) is 14.9 Å². The summed E-state index contributed by atoms with van der Waals surface area (Å²) in [5.41, 5.74) is 2.31. The Bertz CT molecular complexity index is 1180. The van der Waals surface area contributed by atoms with Gasteiger partial charge in [0.1, 0.15) is 24.9 Å². The summed E-state index contributed by atoms with van der Waals surface area (Å²) in [6, 6.07) is 11.3. The van der Waals surface area contributed by atoms with Crippen LogP contribution in [0.2, 0.25) is 0 Å². The molecule has 0 spiro atoms. The molecule has 1 aromatic heterocycles. The zero-order valence-corrected chi connectivity index (χ0v) is 18.5. The van der Waals surface area contributed by atoms with Crippen molar-refractivity contribution < 1.29 is 19.4 Å². The molecule has 2 heterocycles. The summed E-state index contributed by atoms with van der Waals surface area (Å²) in [7, 11) is 0. The number of aromatic nitrogens is 2. The van der Waals surface area contributed by atoms with Gasteiger partial charge in [0.15, 0.2) is 11.5 Å². The van der Waals surface area contributed by atoms with Crippen molar-refractivity contribution in [2.24, 2.45) is 0 Å². The smallest absolute Gasteiger partial charge is 0.248 e. The van der Waals surface area contributed by atoms with Gasteiger partial charge in [-0.2, -0.15) is 0 Å². The van der Waals surface area contributed by atoms with Crippen LogP contribution in [-0.4, -0.2) is 58.3 Å². The lowest BCUT2D eigenvalue weighted by molar-refractivity contribution is -0.135. The van der Waals surface area contributed by atoms with Crippen LogP contribution in [0.4, 0.5) is 11.5 Å². The van der Waals surface area contributed by atoms with Crippen molar-refractivity contribution in [3.63, 3.8) is 0 Å². The molecule has 8 heteroatoms. The van der Waals surface area contributed by atoms with E-state index in [2.05, 4.69) is 21.2 Å². The van der Waals surface area contributed by atoms with Crippen LogP contribution < -0.4 is 14.8 Å². The molecule has 1 amide bonds. The molecule has 0 radical (unpaired) electrons. The van der Waals surface area contributed by atoms with Crippen molar-refractivity contribution >= 4 is 28.3 Å². The first kappa shape index (κ1) is 22.4. The monoisotopic (exact) mass is 446 g/mol. The number of benzene rings is 2. The summed E-state index contributed by atoms with van der Waals surface area (Å²) in [6.07, 6.45) is 8.29. The van der Waals surface area contributed by atoms with Gasteiger partial charge in [0.2, 0.25) is 5.91 Å². The Hall–Kier alpha value is -3.83. The van der Waals surface area contributed by atoms with Gasteiger partial charge in [-0.1, -0.05) is 12.0 Å². The lowest BCUT2D eigenvalue weighted by Gasteiger charge is -2.32. The minimum absolute atomic E-state index is 0.0715. The van der Waals surface area contributed by atoms with Crippen molar-refractivity contribution in [1.29, 1.82) is 0 Å². The van der Waals surface area contributed by atoms with Crippen LogP contribution in [0.5, 0.6) is 11.5 Å². The van der Waals surface area contributed by atoms with Gasteiger partial charge in [-0.25, -0.2) is 9.97 Å². The summed E-state index contributed by atoms with van der Waals surface area (Å²) < 4.78 is 12.1. The number of anilines is 2. The summed E-state index contributed by atoms with van der Waals surface area (Å²) in [5.74, 6) is 4.22. The molecule has 170 valence electrons. The third-order valence-corrected chi connectivity index (χ3v) is 5.52. The highest BCUT2D eigenvalue weighted by Gasteiger charge is 2.25. The van der Waals surface area contributed by atoms with Gasteiger partial charge in [0.05, 0.1) is 12.1 Å². The van der Waals surface area contributed by atoms with E-state index in [4.69, 9.17) is 21.0 Å². The van der Waals surface area contributed by atoms with Crippen LogP contribution in [-0.2, 0) is 4.79 Å². The number of piperidine rings is 1. The molecule has 0 bridgehead atoms. The number of ether oxygens (including phenoxy) is 2. The molecular formula is C25H26N4O4. The molecule has 0 aliphatic carbocycles. The third kappa shape index (κ3) is 5.16. The van der Waals surface area contributed by atoms with Crippen LogP contribution in [0.3, 0.4) is 0 Å². The van der Waals surface area contributed by atoms with E-state index in [0.29, 0.717) is 49.9 Å². The molecule has 0 saturated carbocycles. The van der Waals surface area contributed by atoms with Crippen LogP contribution in [0.1, 0.15) is 25.3 Å². The van der Waals surface area contributed by atoms with Gasteiger partial charge < -0.3 is 24.8 Å². The maximum Gasteiger partial charge on any atom is 0.248 e. The fourth-order valence-corrected chi connectivity index (χ4v) is 3.85. The van der Waals surface area contributed by atoms with Gasteiger partial charge in [-0.05, 0) is 31.2 Å². The number of hydrogen-bond donors (Lipinski definition) is 2. The van der Waals surface area contributed by atoms with Crippen LogP contribution in [0, 0.1) is 12.3 Å². The van der Waals surface area contributed by atoms with E-state index in [1.807, 2.05) is 43.3 Å². The number of hydrogen-bond acceptors (Lipinski definition) is 7. The molecule has 1 saturated heterocycles. The maximum absolute atomic E-state index is 11.7. The fraction of sp³-hybridized carbons (Fsp3) is 0.320. The first-order valence-corrected chi connectivity index (χ1v) is 10.9. The molecule has 2 N–H and O–H groups in total. The summed E-state index contributed by atoms with van der Waals surface area (Å²) in [5, 5.41) is 13.2.